The topological polar surface area (TPSA) is 90.9 Å². The van der Waals surface area contributed by atoms with Crippen LogP contribution in [0.1, 0.15) is 25.6 Å². The molecule has 0 fully saturated rings. The standard InChI is InChI=1S/C22H15NO6S/c24-16(12-5-6-18-15(7-12)23-20(25)11-28-18)10-29-22(26)19-8-13-9-27-17-4-2-1-3-14(17)21(13)30-19/h1-8H,9-11H2,(H,23,25). The van der Waals surface area contributed by atoms with E-state index < -0.39 is 12.6 Å². The largest absolute Gasteiger partial charge is 0.488 e. The van der Waals surface area contributed by atoms with Gasteiger partial charge in [-0.15, -0.1) is 11.3 Å². The molecular formula is C22H15NO6S. The third-order valence-electron chi connectivity index (χ3n) is 4.79. The zero-order valence-electron chi connectivity index (χ0n) is 15.6. The molecule has 150 valence electrons. The van der Waals surface area contributed by atoms with Crippen LogP contribution in [0.5, 0.6) is 11.5 Å². The van der Waals surface area contributed by atoms with Crippen molar-refractivity contribution in [2.24, 2.45) is 0 Å². The van der Waals surface area contributed by atoms with Gasteiger partial charge in [-0.2, -0.15) is 0 Å². The molecule has 0 unspecified atom stereocenters. The number of benzene rings is 2. The van der Waals surface area contributed by atoms with Crippen molar-refractivity contribution < 1.29 is 28.6 Å². The molecule has 1 amide bonds. The molecule has 0 aliphatic carbocycles. The van der Waals surface area contributed by atoms with Gasteiger partial charge >= 0.3 is 5.97 Å². The van der Waals surface area contributed by atoms with Gasteiger partial charge in [-0.25, -0.2) is 4.79 Å². The van der Waals surface area contributed by atoms with E-state index in [-0.39, 0.29) is 18.3 Å². The maximum absolute atomic E-state index is 12.5. The summed E-state index contributed by atoms with van der Waals surface area (Å²) in [5, 5.41) is 2.65. The van der Waals surface area contributed by atoms with Gasteiger partial charge in [-0.05, 0) is 36.4 Å². The van der Waals surface area contributed by atoms with Crippen LogP contribution in [0, 0.1) is 0 Å². The molecule has 0 radical (unpaired) electrons. The predicted octanol–water partition coefficient (Wildman–Crippen LogP) is 3.68. The molecule has 3 heterocycles. The molecule has 1 aromatic heterocycles. The minimum Gasteiger partial charge on any atom is -0.488 e. The third-order valence-corrected chi connectivity index (χ3v) is 5.98. The molecule has 3 aromatic rings. The number of nitrogens with one attached hydrogen (secondary N) is 1. The number of carbonyl (C=O) groups excluding carboxylic acids is 3. The fourth-order valence-electron chi connectivity index (χ4n) is 3.34. The smallest absolute Gasteiger partial charge is 0.348 e. The van der Waals surface area contributed by atoms with Gasteiger partial charge in [0.1, 0.15) is 23.0 Å². The molecule has 2 aliphatic heterocycles. The van der Waals surface area contributed by atoms with E-state index in [1.165, 1.54) is 17.4 Å². The quantitative estimate of drug-likeness (QED) is 0.511. The summed E-state index contributed by atoms with van der Waals surface area (Å²) in [6.45, 7) is -0.0712. The fourth-order valence-corrected chi connectivity index (χ4v) is 4.43. The first-order chi connectivity index (χ1) is 14.6. The second-order valence-corrected chi connectivity index (χ2v) is 7.85. The van der Waals surface area contributed by atoms with E-state index in [9.17, 15) is 14.4 Å². The van der Waals surface area contributed by atoms with Crippen molar-refractivity contribution in [2.45, 2.75) is 6.61 Å². The van der Waals surface area contributed by atoms with Crippen LogP contribution in [0.3, 0.4) is 0 Å². The lowest BCUT2D eigenvalue weighted by molar-refractivity contribution is -0.118. The van der Waals surface area contributed by atoms with Gasteiger partial charge in [0.25, 0.3) is 5.91 Å². The Balaban J connectivity index is 1.28. The highest BCUT2D eigenvalue weighted by molar-refractivity contribution is 7.17. The van der Waals surface area contributed by atoms with Crippen molar-refractivity contribution in [3.8, 4) is 21.9 Å². The monoisotopic (exact) mass is 421 g/mol. The molecule has 30 heavy (non-hydrogen) atoms. The van der Waals surface area contributed by atoms with Crippen molar-refractivity contribution in [1.82, 2.24) is 0 Å². The molecule has 2 aliphatic rings. The number of ketones is 1. The highest BCUT2D eigenvalue weighted by atomic mass is 32.1. The number of carbonyl (C=O) groups is 3. The Kier molecular flexibility index (Phi) is 4.48. The van der Waals surface area contributed by atoms with Crippen molar-refractivity contribution in [1.29, 1.82) is 0 Å². The van der Waals surface area contributed by atoms with Crippen molar-refractivity contribution in [3.05, 3.63) is 64.5 Å². The van der Waals surface area contributed by atoms with Gasteiger partial charge in [-0.3, -0.25) is 9.59 Å². The van der Waals surface area contributed by atoms with Gasteiger partial charge in [0.05, 0.1) is 5.69 Å². The van der Waals surface area contributed by atoms with E-state index in [4.69, 9.17) is 14.2 Å². The van der Waals surface area contributed by atoms with E-state index >= 15 is 0 Å². The van der Waals surface area contributed by atoms with Gasteiger partial charge in [-0.1, -0.05) is 12.1 Å². The molecule has 0 bridgehead atoms. The number of ether oxygens (including phenoxy) is 3. The number of Topliss-reactive ketones (excluding diaryl/α,β-unsaturated/α-hetero) is 1. The molecule has 0 atom stereocenters. The predicted molar refractivity (Wildman–Crippen MR) is 109 cm³/mol. The van der Waals surface area contributed by atoms with Gasteiger partial charge in [0, 0.05) is 21.6 Å². The first-order valence-corrected chi connectivity index (χ1v) is 10.0. The van der Waals surface area contributed by atoms with Crippen molar-refractivity contribution in [2.75, 3.05) is 18.5 Å². The average Bonchev–Trinajstić information content (AvgIpc) is 3.22. The van der Waals surface area contributed by atoms with Crippen LogP contribution in [0.4, 0.5) is 5.69 Å². The summed E-state index contributed by atoms with van der Waals surface area (Å²) in [4.78, 5) is 37.8. The number of para-hydroxylation sites is 1. The number of hydrogen-bond acceptors (Lipinski definition) is 7. The van der Waals surface area contributed by atoms with Gasteiger partial charge in [0.2, 0.25) is 0 Å². The molecule has 8 heteroatoms. The Hall–Kier alpha value is -3.65. The number of amides is 1. The summed E-state index contributed by atoms with van der Waals surface area (Å²) in [6.07, 6.45) is 0. The van der Waals surface area contributed by atoms with E-state index in [1.54, 1.807) is 18.2 Å². The second kappa shape index (κ2) is 7.31. The lowest BCUT2D eigenvalue weighted by Gasteiger charge is -2.18. The Labute approximate surface area is 175 Å². The molecular weight excluding hydrogens is 406 g/mol. The van der Waals surface area contributed by atoms with Gasteiger partial charge < -0.3 is 19.5 Å². The maximum atomic E-state index is 12.5. The number of rotatable bonds is 4. The van der Waals surface area contributed by atoms with Crippen molar-refractivity contribution >= 4 is 34.7 Å². The molecule has 0 saturated heterocycles. The van der Waals surface area contributed by atoms with Crippen LogP contribution in [0.25, 0.3) is 10.4 Å². The Morgan fingerprint density at radius 1 is 1.03 bits per heavy atom. The molecule has 2 aromatic carbocycles. The lowest BCUT2D eigenvalue weighted by Crippen LogP contribution is -2.25. The number of anilines is 1. The Bertz CT molecular complexity index is 1200. The minimum absolute atomic E-state index is 0.0573. The van der Waals surface area contributed by atoms with E-state index in [0.29, 0.717) is 28.5 Å². The summed E-state index contributed by atoms with van der Waals surface area (Å²) in [5.74, 6) is 0.0572. The van der Waals surface area contributed by atoms with Crippen molar-refractivity contribution in [3.63, 3.8) is 0 Å². The first-order valence-electron chi connectivity index (χ1n) is 9.20. The summed E-state index contributed by atoms with van der Waals surface area (Å²) in [5.41, 5.74) is 2.60. The van der Waals surface area contributed by atoms with Crippen LogP contribution >= 0.6 is 11.3 Å². The molecule has 0 spiro atoms. The molecule has 0 saturated carbocycles. The zero-order valence-corrected chi connectivity index (χ0v) is 16.4. The summed E-state index contributed by atoms with van der Waals surface area (Å²) >= 11 is 1.32. The number of esters is 1. The average molecular weight is 421 g/mol. The van der Waals surface area contributed by atoms with E-state index in [0.717, 1.165) is 21.8 Å². The zero-order chi connectivity index (χ0) is 20.7. The minimum atomic E-state index is -0.560. The van der Waals surface area contributed by atoms with E-state index in [1.807, 2.05) is 24.3 Å². The highest BCUT2D eigenvalue weighted by Gasteiger charge is 2.24. The molecule has 7 nitrogen and oxygen atoms in total. The first kappa shape index (κ1) is 18.4. The van der Waals surface area contributed by atoms with Crippen LogP contribution in [-0.4, -0.2) is 30.9 Å². The highest BCUT2D eigenvalue weighted by Crippen LogP contribution is 2.42. The molecule has 5 rings (SSSR count). The number of hydrogen-bond donors (Lipinski definition) is 1. The van der Waals surface area contributed by atoms with Crippen LogP contribution in [0.2, 0.25) is 0 Å². The SMILES string of the molecule is O=C1COc2ccc(C(=O)COC(=O)c3cc4c(s3)-c3ccccc3OC4)cc2N1. The fraction of sp³-hybridized carbons (Fsp3) is 0.136. The molecule has 1 N–H and O–H groups in total. The number of thiophene rings is 1. The summed E-state index contributed by atoms with van der Waals surface area (Å²) in [6, 6.07) is 14.1. The summed E-state index contributed by atoms with van der Waals surface area (Å²) < 4.78 is 16.2. The van der Waals surface area contributed by atoms with Crippen LogP contribution in [0.15, 0.2) is 48.5 Å². The lowest BCUT2D eigenvalue weighted by atomic mass is 10.1. The third kappa shape index (κ3) is 3.31. The Morgan fingerprint density at radius 2 is 1.87 bits per heavy atom. The van der Waals surface area contributed by atoms with Crippen LogP contribution < -0.4 is 14.8 Å². The maximum Gasteiger partial charge on any atom is 0.348 e. The van der Waals surface area contributed by atoms with E-state index in [2.05, 4.69) is 5.32 Å². The van der Waals surface area contributed by atoms with Gasteiger partial charge in [0.15, 0.2) is 19.0 Å². The second-order valence-electron chi connectivity index (χ2n) is 6.80. The normalized spacial score (nSPS) is 13.7. The summed E-state index contributed by atoms with van der Waals surface area (Å²) in [7, 11) is 0. The number of fused-ring (bicyclic) bond motifs is 4. The Morgan fingerprint density at radius 3 is 2.77 bits per heavy atom. The van der Waals surface area contributed by atoms with Crippen LogP contribution in [-0.2, 0) is 16.1 Å².